The summed E-state index contributed by atoms with van der Waals surface area (Å²) in [6.45, 7) is 2.27. The van der Waals surface area contributed by atoms with Gasteiger partial charge in [0.15, 0.2) is 0 Å². The Kier molecular flexibility index (Phi) is 6.62. The number of carbonyl (C=O) groups excluding carboxylic acids is 2. The molecule has 4 nitrogen and oxygen atoms in total. The van der Waals surface area contributed by atoms with E-state index in [0.29, 0.717) is 0 Å². The van der Waals surface area contributed by atoms with Crippen LogP contribution in [0.4, 0.5) is 35.1 Å². The van der Waals surface area contributed by atoms with Crippen molar-refractivity contribution in [2.24, 2.45) is 5.41 Å². The van der Waals surface area contributed by atoms with Gasteiger partial charge in [0.2, 0.25) is 0 Å². The lowest BCUT2D eigenvalue weighted by Gasteiger charge is -2.30. The average Bonchev–Trinajstić information content (AvgIpc) is 2.41. The highest BCUT2D eigenvalue weighted by molar-refractivity contribution is 5.79. The highest BCUT2D eigenvalue weighted by Gasteiger charge is 2.79. The van der Waals surface area contributed by atoms with Gasteiger partial charge in [-0.2, -0.15) is 26.3 Å². The molecule has 0 aromatic rings. The molecule has 142 valence electrons. The van der Waals surface area contributed by atoms with Crippen molar-refractivity contribution in [2.75, 3.05) is 13.2 Å². The first-order chi connectivity index (χ1) is 10.5. The number of esters is 2. The molecule has 0 aromatic heterocycles. The lowest BCUT2D eigenvalue weighted by molar-refractivity contribution is -0.332. The molecular weight excluding hydrogens is 360 g/mol. The third kappa shape index (κ3) is 4.47. The number of ether oxygens (including phenoxy) is 2. The molecule has 12 heteroatoms. The van der Waals surface area contributed by atoms with Crippen LogP contribution in [-0.4, -0.2) is 49.3 Å². The van der Waals surface area contributed by atoms with Crippen molar-refractivity contribution in [3.8, 4) is 0 Å². The first-order valence-electron chi connectivity index (χ1n) is 6.25. The maximum atomic E-state index is 13.1. The first kappa shape index (κ1) is 22.4. The van der Waals surface area contributed by atoms with E-state index in [4.69, 9.17) is 0 Å². The van der Waals surface area contributed by atoms with E-state index in [1.807, 2.05) is 0 Å². The minimum absolute atomic E-state index is 0.825. The summed E-state index contributed by atoms with van der Waals surface area (Å²) in [5, 5.41) is 0. The number of alkyl halides is 8. The van der Waals surface area contributed by atoms with Crippen molar-refractivity contribution >= 4 is 11.9 Å². The summed E-state index contributed by atoms with van der Waals surface area (Å²) < 4.78 is 109. The van der Waals surface area contributed by atoms with Gasteiger partial charge in [-0.1, -0.05) is 0 Å². The smallest absolute Gasteiger partial charge is 0.410 e. The molecule has 0 N–H and O–H groups in total. The molecule has 0 aromatic carbocycles. The van der Waals surface area contributed by atoms with Crippen LogP contribution in [-0.2, 0) is 19.1 Å². The maximum absolute atomic E-state index is 13.1. The van der Waals surface area contributed by atoms with E-state index in [2.05, 4.69) is 9.47 Å². The average molecular weight is 374 g/mol. The monoisotopic (exact) mass is 374 g/mol. The molecule has 0 atom stereocenters. The van der Waals surface area contributed by atoms with Crippen molar-refractivity contribution in [3.05, 3.63) is 0 Å². The van der Waals surface area contributed by atoms with Crippen molar-refractivity contribution in [3.63, 3.8) is 0 Å². The summed E-state index contributed by atoms with van der Waals surface area (Å²) >= 11 is 0. The van der Waals surface area contributed by atoms with Crippen LogP contribution in [0.5, 0.6) is 0 Å². The third-order valence-corrected chi connectivity index (χ3v) is 2.51. The molecule has 0 amide bonds. The molecular formula is C12H14F8O4. The van der Waals surface area contributed by atoms with Gasteiger partial charge >= 0.3 is 36.1 Å². The van der Waals surface area contributed by atoms with Crippen LogP contribution >= 0.6 is 0 Å². The fourth-order valence-corrected chi connectivity index (χ4v) is 1.05. The van der Waals surface area contributed by atoms with Crippen molar-refractivity contribution < 1.29 is 54.2 Å². The summed E-state index contributed by atoms with van der Waals surface area (Å²) in [4.78, 5) is 22.1. The molecule has 0 bridgehead atoms. The Morgan fingerprint density at radius 3 is 1.54 bits per heavy atom. The van der Waals surface area contributed by atoms with Gasteiger partial charge in [-0.25, -0.2) is 13.6 Å². The topological polar surface area (TPSA) is 52.6 Å². The summed E-state index contributed by atoms with van der Waals surface area (Å²) in [7, 11) is 0. The Hall–Kier alpha value is -1.62. The quantitative estimate of drug-likeness (QED) is 0.390. The van der Waals surface area contributed by atoms with E-state index >= 15 is 0 Å². The van der Waals surface area contributed by atoms with Crippen LogP contribution in [0.2, 0.25) is 0 Å². The molecule has 0 radical (unpaired) electrons. The summed E-state index contributed by atoms with van der Waals surface area (Å²) in [5.74, 6) is -23.4. The lowest BCUT2D eigenvalue weighted by atomic mass is 9.97. The lowest BCUT2D eigenvalue weighted by Crippen LogP contribution is -2.61. The first-order valence-corrected chi connectivity index (χ1v) is 6.25. The van der Waals surface area contributed by atoms with E-state index in [1.165, 1.54) is 20.8 Å². The standard InChI is InChI=1S/C12H14F8O4/c1-9(2,3)7(21)23-4-5-24-8(22)11(17,18)12(19,20)10(15,16)6(13)14/h6H,4-5H2,1-3H3. The van der Waals surface area contributed by atoms with E-state index < -0.39 is 54.8 Å². The second-order valence-electron chi connectivity index (χ2n) is 5.59. The van der Waals surface area contributed by atoms with Gasteiger partial charge in [-0.05, 0) is 20.8 Å². The molecule has 0 aliphatic carbocycles. The number of carbonyl (C=O) groups is 2. The van der Waals surface area contributed by atoms with Gasteiger partial charge < -0.3 is 9.47 Å². The zero-order valence-electron chi connectivity index (χ0n) is 12.6. The predicted octanol–water partition coefficient (Wildman–Crippen LogP) is 3.29. The number of rotatable bonds is 7. The van der Waals surface area contributed by atoms with E-state index in [9.17, 15) is 44.7 Å². The zero-order valence-corrected chi connectivity index (χ0v) is 12.6. The summed E-state index contributed by atoms with van der Waals surface area (Å²) in [6.07, 6.45) is -5.14. The van der Waals surface area contributed by atoms with Crippen LogP contribution in [0.1, 0.15) is 20.8 Å². The van der Waals surface area contributed by atoms with E-state index in [1.54, 1.807) is 0 Å². The molecule has 0 aliphatic rings. The molecule has 0 unspecified atom stereocenters. The molecule has 0 saturated heterocycles. The highest BCUT2D eigenvalue weighted by Crippen LogP contribution is 2.48. The van der Waals surface area contributed by atoms with Gasteiger partial charge in [0, 0.05) is 0 Å². The van der Waals surface area contributed by atoms with Crippen molar-refractivity contribution in [2.45, 2.75) is 45.0 Å². The van der Waals surface area contributed by atoms with Gasteiger partial charge in [-0.15, -0.1) is 0 Å². The number of hydrogen-bond donors (Lipinski definition) is 0. The van der Waals surface area contributed by atoms with E-state index in [0.717, 1.165) is 0 Å². The molecule has 0 rings (SSSR count). The van der Waals surface area contributed by atoms with Crippen LogP contribution in [0.25, 0.3) is 0 Å². The van der Waals surface area contributed by atoms with E-state index in [-0.39, 0.29) is 0 Å². The fourth-order valence-electron chi connectivity index (χ4n) is 1.05. The second kappa shape index (κ2) is 7.09. The van der Waals surface area contributed by atoms with Gasteiger partial charge in [0.1, 0.15) is 13.2 Å². The predicted molar refractivity (Wildman–Crippen MR) is 62.2 cm³/mol. The number of halogens is 8. The van der Waals surface area contributed by atoms with Crippen LogP contribution in [0.15, 0.2) is 0 Å². The molecule has 0 aliphatic heterocycles. The van der Waals surface area contributed by atoms with Crippen LogP contribution < -0.4 is 0 Å². The van der Waals surface area contributed by atoms with Gasteiger partial charge in [-0.3, -0.25) is 4.79 Å². The Labute approximate surface area is 131 Å². The van der Waals surface area contributed by atoms with Crippen LogP contribution in [0.3, 0.4) is 0 Å². The molecule has 24 heavy (non-hydrogen) atoms. The van der Waals surface area contributed by atoms with Gasteiger partial charge in [0.25, 0.3) is 0 Å². The highest BCUT2D eigenvalue weighted by atomic mass is 19.4. The zero-order chi connectivity index (χ0) is 19.6. The Morgan fingerprint density at radius 1 is 0.833 bits per heavy atom. The minimum atomic E-state index is -6.69. The SMILES string of the molecule is CC(C)(C)C(=O)OCCOC(=O)C(F)(F)C(F)(F)C(F)(F)C(F)F. The largest absolute Gasteiger partial charge is 0.462 e. The molecule has 0 saturated carbocycles. The van der Waals surface area contributed by atoms with Crippen molar-refractivity contribution in [1.82, 2.24) is 0 Å². The second-order valence-corrected chi connectivity index (χ2v) is 5.59. The van der Waals surface area contributed by atoms with Gasteiger partial charge in [0.05, 0.1) is 5.41 Å². The fraction of sp³-hybridized carbons (Fsp3) is 0.833. The Balaban J connectivity index is 4.83. The summed E-state index contributed by atoms with van der Waals surface area (Å²) in [6, 6.07) is 0. The molecule has 0 fully saturated rings. The molecule has 0 spiro atoms. The van der Waals surface area contributed by atoms with Crippen molar-refractivity contribution in [1.29, 1.82) is 0 Å². The minimum Gasteiger partial charge on any atom is -0.462 e. The summed E-state index contributed by atoms with van der Waals surface area (Å²) in [5.41, 5.74) is -1.000. The Morgan fingerprint density at radius 2 is 1.21 bits per heavy atom. The normalized spacial score (nSPS) is 13.8. The number of hydrogen-bond acceptors (Lipinski definition) is 4. The molecule has 0 heterocycles. The third-order valence-electron chi connectivity index (χ3n) is 2.51. The Bertz CT molecular complexity index is 470. The van der Waals surface area contributed by atoms with Crippen LogP contribution in [0, 0.1) is 5.41 Å². The maximum Gasteiger partial charge on any atom is 0.410 e.